The van der Waals surface area contributed by atoms with Gasteiger partial charge in [0.1, 0.15) is 10.2 Å². The van der Waals surface area contributed by atoms with Crippen LogP contribution in [0, 0.1) is 10.1 Å². The molecule has 0 spiro atoms. The van der Waals surface area contributed by atoms with Crippen LogP contribution in [0.4, 0.5) is 11.4 Å². The van der Waals surface area contributed by atoms with Gasteiger partial charge in [-0.3, -0.25) is 10.1 Å². The first-order valence-electron chi connectivity index (χ1n) is 3.99. The number of anilines is 1. The Labute approximate surface area is 96.4 Å². The van der Waals surface area contributed by atoms with Gasteiger partial charge in [0.15, 0.2) is 0 Å². The van der Waals surface area contributed by atoms with Gasteiger partial charge in [-0.2, -0.15) is 0 Å². The molecule has 15 heavy (non-hydrogen) atoms. The predicted molar refractivity (Wildman–Crippen MR) is 61.8 cm³/mol. The lowest BCUT2D eigenvalue weighted by Gasteiger charge is -2.03. The molecule has 6 heteroatoms. The van der Waals surface area contributed by atoms with Gasteiger partial charge in [0, 0.05) is 6.07 Å². The molecule has 1 aromatic rings. The molecule has 0 aliphatic rings. The molecule has 1 rings (SSSR count). The largest absolute Gasteiger partial charge is 0.393 e. The first-order chi connectivity index (χ1) is 6.93. The van der Waals surface area contributed by atoms with Crippen LogP contribution < -0.4 is 5.73 Å². The minimum Gasteiger partial charge on any atom is -0.393 e. The van der Waals surface area contributed by atoms with Gasteiger partial charge in [0.25, 0.3) is 5.69 Å². The average molecular weight is 247 g/mol. The number of benzene rings is 1. The van der Waals surface area contributed by atoms with Crippen molar-refractivity contribution in [2.24, 2.45) is 0 Å². The summed E-state index contributed by atoms with van der Waals surface area (Å²) in [4.78, 5) is 10.1. The molecule has 0 fully saturated rings. The number of halogens is 2. The fourth-order valence-electron chi connectivity index (χ4n) is 1.04. The maximum Gasteiger partial charge on any atom is 0.292 e. The van der Waals surface area contributed by atoms with Crippen LogP contribution in [0.1, 0.15) is 12.5 Å². The second-order valence-electron chi connectivity index (χ2n) is 2.92. The maximum atomic E-state index is 10.6. The van der Waals surface area contributed by atoms with Crippen molar-refractivity contribution in [1.82, 2.24) is 0 Å². The highest BCUT2D eigenvalue weighted by Crippen LogP contribution is 2.29. The molecule has 0 saturated heterocycles. The molecule has 0 saturated carbocycles. The second-order valence-corrected chi connectivity index (χ2v) is 3.87. The molecule has 0 aliphatic carbocycles. The van der Waals surface area contributed by atoms with E-state index in [0.717, 1.165) is 0 Å². The number of allylic oxidation sites excluding steroid dienone is 1. The number of nitro benzene ring substituents is 1. The lowest BCUT2D eigenvalue weighted by atomic mass is 10.1. The molecule has 0 heterocycles. The quantitative estimate of drug-likeness (QED) is 0.495. The topological polar surface area (TPSA) is 69.2 Å². The van der Waals surface area contributed by atoms with Crippen molar-refractivity contribution in [2.45, 2.75) is 6.92 Å². The fourth-order valence-corrected chi connectivity index (χ4v) is 1.26. The molecule has 0 bridgehead atoms. The van der Waals surface area contributed by atoms with E-state index in [-0.39, 0.29) is 15.9 Å². The van der Waals surface area contributed by atoms with Gasteiger partial charge in [0.2, 0.25) is 0 Å². The number of rotatable bonds is 2. The first-order valence-corrected chi connectivity index (χ1v) is 4.75. The molecule has 0 amide bonds. The van der Waals surface area contributed by atoms with Crippen molar-refractivity contribution in [3.63, 3.8) is 0 Å². The van der Waals surface area contributed by atoms with E-state index in [1.807, 2.05) is 0 Å². The average Bonchev–Trinajstić information content (AvgIpc) is 2.16. The zero-order chi connectivity index (χ0) is 11.6. The van der Waals surface area contributed by atoms with E-state index in [0.29, 0.717) is 11.1 Å². The van der Waals surface area contributed by atoms with Crippen molar-refractivity contribution in [2.75, 3.05) is 5.73 Å². The number of hydrogen-bond donors (Lipinski definition) is 1. The third-order valence-electron chi connectivity index (χ3n) is 1.94. The van der Waals surface area contributed by atoms with E-state index in [9.17, 15) is 10.1 Å². The molecule has 0 atom stereocenters. The predicted octanol–water partition coefficient (Wildman–Crippen LogP) is 3.34. The summed E-state index contributed by atoms with van der Waals surface area (Å²) in [6.07, 6.45) is 0. The zero-order valence-electron chi connectivity index (χ0n) is 7.83. The standard InChI is InChI=1S/C9H8Cl2N2O2/c1-5(9(10)11)6-2-3-7(12)8(4-6)13(14)15/h2-4H,12H2,1H3. The maximum absolute atomic E-state index is 10.6. The molecule has 80 valence electrons. The number of hydrogen-bond acceptors (Lipinski definition) is 3. The Kier molecular flexibility index (Phi) is 3.55. The third-order valence-corrected chi connectivity index (χ3v) is 2.51. The van der Waals surface area contributed by atoms with Gasteiger partial charge in [-0.25, -0.2) is 0 Å². The number of nitrogens with two attached hydrogens (primary N) is 1. The summed E-state index contributed by atoms with van der Waals surface area (Å²) in [5.74, 6) is 0. The second kappa shape index (κ2) is 4.51. The smallest absolute Gasteiger partial charge is 0.292 e. The summed E-state index contributed by atoms with van der Waals surface area (Å²) in [5.41, 5.74) is 6.55. The van der Waals surface area contributed by atoms with Crippen molar-refractivity contribution in [3.05, 3.63) is 38.4 Å². The Morgan fingerprint density at radius 3 is 2.53 bits per heavy atom. The van der Waals surface area contributed by atoms with Crippen LogP contribution in [-0.4, -0.2) is 4.92 Å². The highest BCUT2D eigenvalue weighted by Gasteiger charge is 2.13. The van der Waals surface area contributed by atoms with Crippen LogP contribution in [0.25, 0.3) is 5.57 Å². The van der Waals surface area contributed by atoms with Crippen LogP contribution in [0.5, 0.6) is 0 Å². The van der Waals surface area contributed by atoms with Crippen molar-refractivity contribution in [1.29, 1.82) is 0 Å². The molecule has 0 unspecified atom stereocenters. The molecule has 0 radical (unpaired) electrons. The molecule has 0 aromatic heterocycles. The SMILES string of the molecule is CC(=C(Cl)Cl)c1ccc(N)c([N+](=O)[O-])c1. The Bertz CT molecular complexity index is 440. The molecular formula is C9H8Cl2N2O2. The van der Waals surface area contributed by atoms with Gasteiger partial charge < -0.3 is 5.73 Å². The minimum absolute atomic E-state index is 0.0778. The van der Waals surface area contributed by atoms with Crippen molar-refractivity contribution in [3.8, 4) is 0 Å². The summed E-state index contributed by atoms with van der Waals surface area (Å²) >= 11 is 11.2. The summed E-state index contributed by atoms with van der Waals surface area (Å²) in [7, 11) is 0. The molecule has 4 nitrogen and oxygen atoms in total. The van der Waals surface area contributed by atoms with Crippen molar-refractivity contribution < 1.29 is 4.92 Å². The van der Waals surface area contributed by atoms with E-state index >= 15 is 0 Å². The van der Waals surface area contributed by atoms with Crippen molar-refractivity contribution >= 4 is 40.1 Å². The minimum atomic E-state index is -0.547. The zero-order valence-corrected chi connectivity index (χ0v) is 9.34. The molecular weight excluding hydrogens is 239 g/mol. The summed E-state index contributed by atoms with van der Waals surface area (Å²) < 4.78 is 0.0778. The van der Waals surface area contributed by atoms with E-state index < -0.39 is 4.92 Å². The lowest BCUT2D eigenvalue weighted by molar-refractivity contribution is -0.383. The van der Waals surface area contributed by atoms with Crippen LogP contribution in [0.2, 0.25) is 0 Å². The van der Waals surface area contributed by atoms with E-state index in [2.05, 4.69) is 0 Å². The highest BCUT2D eigenvalue weighted by atomic mass is 35.5. The van der Waals surface area contributed by atoms with Gasteiger partial charge in [-0.1, -0.05) is 29.3 Å². The molecule has 0 aliphatic heterocycles. The number of nitrogen functional groups attached to an aromatic ring is 1. The highest BCUT2D eigenvalue weighted by molar-refractivity contribution is 6.58. The summed E-state index contributed by atoms with van der Waals surface area (Å²) in [6.45, 7) is 1.67. The van der Waals surface area contributed by atoms with Gasteiger partial charge in [-0.05, 0) is 24.1 Å². The summed E-state index contributed by atoms with van der Waals surface area (Å²) in [5, 5.41) is 10.6. The van der Waals surface area contributed by atoms with Crippen LogP contribution >= 0.6 is 23.2 Å². The normalized spacial score (nSPS) is 9.80. The fraction of sp³-hybridized carbons (Fsp3) is 0.111. The Morgan fingerprint density at radius 2 is 2.07 bits per heavy atom. The third kappa shape index (κ3) is 2.61. The van der Waals surface area contributed by atoms with E-state index in [4.69, 9.17) is 28.9 Å². The summed E-state index contributed by atoms with van der Waals surface area (Å²) in [6, 6.07) is 4.42. The lowest BCUT2D eigenvalue weighted by Crippen LogP contribution is -1.96. The van der Waals surface area contributed by atoms with Gasteiger partial charge in [-0.15, -0.1) is 0 Å². The monoisotopic (exact) mass is 246 g/mol. The Morgan fingerprint density at radius 1 is 1.47 bits per heavy atom. The van der Waals surface area contributed by atoms with E-state index in [1.54, 1.807) is 13.0 Å². The first kappa shape index (κ1) is 11.8. The Hall–Kier alpha value is -1.26. The van der Waals surface area contributed by atoms with Crippen LogP contribution in [0.15, 0.2) is 22.7 Å². The van der Waals surface area contributed by atoms with Crippen LogP contribution in [-0.2, 0) is 0 Å². The van der Waals surface area contributed by atoms with Gasteiger partial charge in [0.05, 0.1) is 4.92 Å². The number of nitro groups is 1. The molecule has 1 aromatic carbocycles. The number of nitrogens with zero attached hydrogens (tertiary/aromatic N) is 1. The van der Waals surface area contributed by atoms with Crippen LogP contribution in [0.3, 0.4) is 0 Å². The van der Waals surface area contributed by atoms with Gasteiger partial charge >= 0.3 is 0 Å². The molecule has 2 N–H and O–H groups in total. The Balaban J connectivity index is 3.31. The van der Waals surface area contributed by atoms with E-state index in [1.165, 1.54) is 12.1 Å².